The van der Waals surface area contributed by atoms with Gasteiger partial charge < -0.3 is 4.90 Å². The average Bonchev–Trinajstić information content (AvgIpc) is 2.69. The van der Waals surface area contributed by atoms with Gasteiger partial charge in [0, 0.05) is 17.6 Å². The van der Waals surface area contributed by atoms with Crippen molar-refractivity contribution in [2.75, 3.05) is 13.1 Å². The van der Waals surface area contributed by atoms with Crippen molar-refractivity contribution in [1.29, 1.82) is 0 Å². The summed E-state index contributed by atoms with van der Waals surface area (Å²) in [6.07, 6.45) is 3.88. The van der Waals surface area contributed by atoms with Crippen LogP contribution in [-0.4, -0.2) is 23.9 Å². The van der Waals surface area contributed by atoms with Gasteiger partial charge in [0.2, 0.25) is 0 Å². The zero-order valence-electron chi connectivity index (χ0n) is 7.91. The summed E-state index contributed by atoms with van der Waals surface area (Å²) >= 11 is 3.19. The Labute approximate surface area is 95.5 Å². The molecule has 1 aromatic rings. The molecule has 0 N–H and O–H groups in total. The molecule has 0 radical (unpaired) electrons. The van der Waals surface area contributed by atoms with Gasteiger partial charge in [-0.05, 0) is 34.1 Å². The van der Waals surface area contributed by atoms with Crippen molar-refractivity contribution < 1.29 is 9.18 Å². The molecule has 1 heterocycles. The van der Waals surface area contributed by atoms with Gasteiger partial charge in [0.15, 0.2) is 0 Å². The van der Waals surface area contributed by atoms with E-state index in [9.17, 15) is 9.18 Å². The van der Waals surface area contributed by atoms with Crippen LogP contribution in [0, 0.1) is 5.82 Å². The molecule has 78 valence electrons. The van der Waals surface area contributed by atoms with Crippen LogP contribution in [-0.2, 0) is 0 Å². The summed E-state index contributed by atoms with van der Waals surface area (Å²) in [5.74, 6) is -0.426. The minimum absolute atomic E-state index is 0.0770. The van der Waals surface area contributed by atoms with Crippen LogP contribution in [0.15, 0.2) is 34.8 Å². The van der Waals surface area contributed by atoms with E-state index < -0.39 is 0 Å². The van der Waals surface area contributed by atoms with Crippen LogP contribution in [0.2, 0.25) is 0 Å². The lowest BCUT2D eigenvalue weighted by atomic mass is 10.2. The standard InChI is InChI=1S/C11H9BrFNO/c12-10-7-8(13)3-4-9(10)11(15)14-5-1-2-6-14/h1-4,7H,5-6H2. The van der Waals surface area contributed by atoms with Gasteiger partial charge in [-0.3, -0.25) is 4.79 Å². The summed E-state index contributed by atoms with van der Waals surface area (Å²) in [7, 11) is 0. The SMILES string of the molecule is O=C(c1ccc(F)cc1Br)N1CC=CC1. The number of rotatable bonds is 1. The lowest BCUT2D eigenvalue weighted by Crippen LogP contribution is -2.28. The van der Waals surface area contributed by atoms with Crippen molar-refractivity contribution in [3.63, 3.8) is 0 Å². The van der Waals surface area contributed by atoms with Crippen molar-refractivity contribution >= 4 is 21.8 Å². The molecule has 4 heteroatoms. The monoisotopic (exact) mass is 269 g/mol. The molecule has 2 rings (SSSR count). The maximum atomic E-state index is 12.8. The highest BCUT2D eigenvalue weighted by molar-refractivity contribution is 9.10. The molecule has 0 atom stereocenters. The molecule has 15 heavy (non-hydrogen) atoms. The summed E-state index contributed by atoms with van der Waals surface area (Å²) in [6.45, 7) is 1.26. The second-order valence-electron chi connectivity index (χ2n) is 3.31. The van der Waals surface area contributed by atoms with Crippen LogP contribution in [0.1, 0.15) is 10.4 Å². The van der Waals surface area contributed by atoms with E-state index in [2.05, 4.69) is 15.9 Å². The van der Waals surface area contributed by atoms with E-state index in [1.54, 1.807) is 4.90 Å². The molecule has 0 aliphatic carbocycles. The summed E-state index contributed by atoms with van der Waals surface area (Å²) in [5, 5.41) is 0. The quantitative estimate of drug-likeness (QED) is 0.718. The van der Waals surface area contributed by atoms with Gasteiger partial charge in [0.05, 0.1) is 5.56 Å². The van der Waals surface area contributed by atoms with Crippen LogP contribution < -0.4 is 0 Å². The first-order valence-electron chi connectivity index (χ1n) is 4.58. The Bertz CT molecular complexity index is 423. The molecular weight excluding hydrogens is 261 g/mol. The smallest absolute Gasteiger partial charge is 0.255 e. The van der Waals surface area contributed by atoms with Crippen molar-refractivity contribution in [2.45, 2.75) is 0 Å². The highest BCUT2D eigenvalue weighted by atomic mass is 79.9. The Hall–Kier alpha value is -1.16. The Morgan fingerprint density at radius 2 is 2.00 bits per heavy atom. The topological polar surface area (TPSA) is 20.3 Å². The number of carbonyl (C=O) groups excluding carboxylic acids is 1. The highest BCUT2D eigenvalue weighted by Gasteiger charge is 2.18. The van der Waals surface area contributed by atoms with Gasteiger partial charge in [0.25, 0.3) is 5.91 Å². The number of nitrogens with zero attached hydrogens (tertiary/aromatic N) is 1. The van der Waals surface area contributed by atoms with Crippen molar-refractivity contribution in [3.05, 3.63) is 46.2 Å². The van der Waals surface area contributed by atoms with Gasteiger partial charge >= 0.3 is 0 Å². The normalized spacial score (nSPS) is 14.7. The maximum absolute atomic E-state index is 12.8. The van der Waals surface area contributed by atoms with Gasteiger partial charge in [-0.2, -0.15) is 0 Å². The third-order valence-electron chi connectivity index (χ3n) is 2.27. The minimum Gasteiger partial charge on any atom is -0.331 e. The largest absolute Gasteiger partial charge is 0.331 e. The fourth-order valence-electron chi connectivity index (χ4n) is 1.48. The molecule has 0 saturated carbocycles. The first kappa shape index (κ1) is 10.4. The Kier molecular flexibility index (Phi) is 2.86. The second kappa shape index (κ2) is 4.14. The van der Waals surface area contributed by atoms with Crippen LogP contribution in [0.3, 0.4) is 0 Å². The summed E-state index contributed by atoms with van der Waals surface area (Å²) in [6, 6.07) is 4.10. The molecule has 0 bridgehead atoms. The van der Waals surface area contributed by atoms with Gasteiger partial charge in [-0.15, -0.1) is 0 Å². The van der Waals surface area contributed by atoms with Crippen LogP contribution >= 0.6 is 15.9 Å². The minimum atomic E-state index is -0.349. The molecule has 1 amide bonds. The molecule has 0 saturated heterocycles. The number of amides is 1. The van der Waals surface area contributed by atoms with E-state index in [4.69, 9.17) is 0 Å². The first-order valence-corrected chi connectivity index (χ1v) is 5.37. The third-order valence-corrected chi connectivity index (χ3v) is 2.92. The molecular formula is C11H9BrFNO. The lowest BCUT2D eigenvalue weighted by molar-refractivity contribution is 0.0799. The zero-order chi connectivity index (χ0) is 10.8. The first-order chi connectivity index (χ1) is 7.18. The molecule has 2 nitrogen and oxygen atoms in total. The van der Waals surface area contributed by atoms with Crippen LogP contribution in [0.4, 0.5) is 4.39 Å². The summed E-state index contributed by atoms with van der Waals surface area (Å²) in [5.41, 5.74) is 0.500. The lowest BCUT2D eigenvalue weighted by Gasteiger charge is -2.16. The van der Waals surface area contributed by atoms with Gasteiger partial charge in [-0.1, -0.05) is 12.2 Å². The number of halogens is 2. The Morgan fingerprint density at radius 3 is 2.60 bits per heavy atom. The number of hydrogen-bond donors (Lipinski definition) is 0. The summed E-state index contributed by atoms with van der Waals surface area (Å²) in [4.78, 5) is 13.6. The second-order valence-corrected chi connectivity index (χ2v) is 4.16. The number of benzene rings is 1. The number of carbonyl (C=O) groups is 1. The van der Waals surface area contributed by atoms with E-state index in [0.717, 1.165) is 0 Å². The molecule has 0 fully saturated rings. The molecule has 1 aliphatic heterocycles. The molecule has 0 aromatic heterocycles. The molecule has 0 spiro atoms. The molecule has 0 unspecified atom stereocenters. The van der Waals surface area contributed by atoms with E-state index in [1.165, 1.54) is 18.2 Å². The maximum Gasteiger partial charge on any atom is 0.255 e. The Balaban J connectivity index is 2.25. The van der Waals surface area contributed by atoms with Gasteiger partial charge in [0.1, 0.15) is 5.82 Å². The predicted octanol–water partition coefficient (Wildman–Crippen LogP) is 2.60. The highest BCUT2D eigenvalue weighted by Crippen LogP contribution is 2.20. The average molecular weight is 270 g/mol. The fourth-order valence-corrected chi connectivity index (χ4v) is 2.00. The van der Waals surface area contributed by atoms with Crippen LogP contribution in [0.5, 0.6) is 0 Å². The molecule has 1 aromatic carbocycles. The van der Waals surface area contributed by atoms with E-state index in [1.807, 2.05) is 12.2 Å². The molecule has 1 aliphatic rings. The number of hydrogen-bond acceptors (Lipinski definition) is 1. The van der Waals surface area contributed by atoms with E-state index in [-0.39, 0.29) is 11.7 Å². The van der Waals surface area contributed by atoms with Crippen molar-refractivity contribution in [3.8, 4) is 0 Å². The summed E-state index contributed by atoms with van der Waals surface area (Å²) < 4.78 is 13.3. The fraction of sp³-hybridized carbons (Fsp3) is 0.182. The zero-order valence-corrected chi connectivity index (χ0v) is 9.50. The van der Waals surface area contributed by atoms with E-state index in [0.29, 0.717) is 23.1 Å². The van der Waals surface area contributed by atoms with E-state index >= 15 is 0 Å². The van der Waals surface area contributed by atoms with Crippen molar-refractivity contribution in [2.24, 2.45) is 0 Å². The van der Waals surface area contributed by atoms with Gasteiger partial charge in [-0.25, -0.2) is 4.39 Å². The predicted molar refractivity (Wildman–Crippen MR) is 59.1 cm³/mol. The van der Waals surface area contributed by atoms with Crippen molar-refractivity contribution in [1.82, 2.24) is 4.90 Å². The van der Waals surface area contributed by atoms with Crippen LogP contribution in [0.25, 0.3) is 0 Å². The third kappa shape index (κ3) is 2.09. The Morgan fingerprint density at radius 1 is 1.33 bits per heavy atom.